The van der Waals surface area contributed by atoms with Crippen molar-refractivity contribution in [1.29, 1.82) is 5.26 Å². The van der Waals surface area contributed by atoms with Crippen molar-refractivity contribution in [2.75, 3.05) is 5.32 Å². The van der Waals surface area contributed by atoms with Crippen molar-refractivity contribution >= 4 is 33.1 Å². The Morgan fingerprint density at radius 3 is 3.16 bits per heavy atom. The largest absolute Gasteiger partial charge is 0.312 e. The minimum Gasteiger partial charge on any atom is -0.312 e. The van der Waals surface area contributed by atoms with E-state index in [1.165, 1.54) is 11.3 Å². The van der Waals surface area contributed by atoms with Gasteiger partial charge in [-0.15, -0.1) is 11.3 Å². The van der Waals surface area contributed by atoms with E-state index >= 15 is 0 Å². The summed E-state index contributed by atoms with van der Waals surface area (Å²) in [5.74, 6) is -0.240. The molecule has 0 saturated heterocycles. The second kappa shape index (κ2) is 4.55. The summed E-state index contributed by atoms with van der Waals surface area (Å²) >= 11 is 1.33. The normalized spacial score (nSPS) is 10.3. The summed E-state index contributed by atoms with van der Waals surface area (Å²) in [7, 11) is 0. The van der Waals surface area contributed by atoms with Gasteiger partial charge in [0.05, 0.1) is 17.3 Å². The van der Waals surface area contributed by atoms with Crippen LogP contribution in [0, 0.1) is 11.3 Å². The zero-order valence-corrected chi connectivity index (χ0v) is 10.5. The van der Waals surface area contributed by atoms with Gasteiger partial charge < -0.3 is 5.32 Å². The number of hydrogen-bond donors (Lipinski definition) is 2. The molecule has 0 spiro atoms. The number of carbonyl (C=O) groups is 1. The molecule has 0 aliphatic carbocycles. The Morgan fingerprint density at radius 2 is 2.32 bits per heavy atom. The summed E-state index contributed by atoms with van der Waals surface area (Å²) in [5, 5.41) is 21.6. The minimum absolute atomic E-state index is 0.240. The predicted molar refractivity (Wildman–Crippen MR) is 73.1 cm³/mol. The maximum atomic E-state index is 12.1. The third kappa shape index (κ3) is 2.07. The topological polar surface area (TPSA) is 81.6 Å². The number of H-pyrrole nitrogens is 1. The van der Waals surface area contributed by atoms with E-state index in [2.05, 4.69) is 15.5 Å². The molecule has 0 fully saturated rings. The molecule has 0 bridgehead atoms. The van der Waals surface area contributed by atoms with Crippen molar-refractivity contribution < 1.29 is 4.79 Å². The number of carbonyl (C=O) groups excluding carboxylic acids is 1. The van der Waals surface area contributed by atoms with Gasteiger partial charge in [0.25, 0.3) is 5.91 Å². The average molecular weight is 268 g/mol. The summed E-state index contributed by atoms with van der Waals surface area (Å²) in [5.41, 5.74) is 1.80. The number of nitrogens with one attached hydrogen (secondary N) is 2. The van der Waals surface area contributed by atoms with E-state index in [0.717, 1.165) is 10.9 Å². The molecule has 0 atom stereocenters. The molecule has 0 radical (unpaired) electrons. The first-order valence-electron chi connectivity index (χ1n) is 5.50. The van der Waals surface area contributed by atoms with E-state index in [-0.39, 0.29) is 5.91 Å². The number of anilines is 1. The lowest BCUT2D eigenvalue weighted by atomic mass is 10.1. The maximum absolute atomic E-state index is 12.1. The maximum Gasteiger partial charge on any atom is 0.256 e. The Labute approximate surface area is 112 Å². The molecule has 3 rings (SSSR count). The fourth-order valence-electron chi connectivity index (χ4n) is 1.75. The molecule has 2 aromatic heterocycles. The first-order chi connectivity index (χ1) is 9.28. The van der Waals surface area contributed by atoms with Gasteiger partial charge in [-0.1, -0.05) is 6.07 Å². The van der Waals surface area contributed by atoms with Crippen molar-refractivity contribution in [3.05, 3.63) is 47.0 Å². The van der Waals surface area contributed by atoms with E-state index in [4.69, 9.17) is 5.26 Å². The molecule has 1 aromatic carbocycles. The second-order valence-electron chi connectivity index (χ2n) is 3.90. The van der Waals surface area contributed by atoms with Crippen LogP contribution < -0.4 is 5.32 Å². The zero-order chi connectivity index (χ0) is 13.2. The van der Waals surface area contributed by atoms with Crippen molar-refractivity contribution in [2.24, 2.45) is 0 Å². The zero-order valence-electron chi connectivity index (χ0n) is 9.68. The van der Waals surface area contributed by atoms with Crippen molar-refractivity contribution in [1.82, 2.24) is 10.2 Å². The first kappa shape index (κ1) is 11.4. The highest BCUT2D eigenvalue weighted by molar-refractivity contribution is 7.14. The van der Waals surface area contributed by atoms with Gasteiger partial charge in [0.15, 0.2) is 0 Å². The lowest BCUT2D eigenvalue weighted by Gasteiger charge is -2.03. The Morgan fingerprint density at radius 1 is 1.42 bits per heavy atom. The van der Waals surface area contributed by atoms with Crippen LogP contribution in [0.3, 0.4) is 0 Å². The van der Waals surface area contributed by atoms with E-state index in [1.807, 2.05) is 12.1 Å². The predicted octanol–water partition coefficient (Wildman–Crippen LogP) is 2.75. The highest BCUT2D eigenvalue weighted by Gasteiger charge is 2.11. The van der Waals surface area contributed by atoms with Crippen LogP contribution in [-0.2, 0) is 0 Å². The molecule has 0 saturated carbocycles. The summed E-state index contributed by atoms with van der Waals surface area (Å²) in [6, 6.07) is 9.01. The molecule has 2 heterocycles. The Kier molecular flexibility index (Phi) is 2.74. The highest BCUT2D eigenvalue weighted by atomic mass is 32.1. The summed E-state index contributed by atoms with van der Waals surface area (Å²) < 4.78 is 0. The molecular formula is C13H8N4OS. The SMILES string of the molecule is N#Cc1ccsc1NC(=O)c1ccc2cn[nH]c2c1. The van der Waals surface area contributed by atoms with Gasteiger partial charge in [0.1, 0.15) is 11.1 Å². The third-order valence-corrected chi connectivity index (χ3v) is 3.55. The average Bonchev–Trinajstić information content (AvgIpc) is 3.05. The van der Waals surface area contributed by atoms with Gasteiger partial charge in [-0.05, 0) is 23.6 Å². The lowest BCUT2D eigenvalue weighted by molar-refractivity contribution is 0.102. The van der Waals surface area contributed by atoms with Gasteiger partial charge in [-0.2, -0.15) is 10.4 Å². The highest BCUT2D eigenvalue weighted by Crippen LogP contribution is 2.23. The van der Waals surface area contributed by atoms with Crippen molar-refractivity contribution in [3.8, 4) is 6.07 Å². The van der Waals surface area contributed by atoms with Crippen LogP contribution in [0.2, 0.25) is 0 Å². The second-order valence-corrected chi connectivity index (χ2v) is 4.82. The quantitative estimate of drug-likeness (QED) is 0.749. The van der Waals surface area contributed by atoms with Gasteiger partial charge in [-0.3, -0.25) is 9.89 Å². The van der Waals surface area contributed by atoms with Gasteiger partial charge in [-0.25, -0.2) is 0 Å². The number of rotatable bonds is 2. The van der Waals surface area contributed by atoms with Gasteiger partial charge >= 0.3 is 0 Å². The third-order valence-electron chi connectivity index (χ3n) is 2.72. The van der Waals surface area contributed by atoms with Crippen LogP contribution >= 0.6 is 11.3 Å². The van der Waals surface area contributed by atoms with Crippen molar-refractivity contribution in [3.63, 3.8) is 0 Å². The molecule has 6 heteroatoms. The first-order valence-corrected chi connectivity index (χ1v) is 6.38. The van der Waals surface area contributed by atoms with E-state index in [1.54, 1.807) is 29.8 Å². The number of fused-ring (bicyclic) bond motifs is 1. The lowest BCUT2D eigenvalue weighted by Crippen LogP contribution is -2.11. The number of nitriles is 1. The molecule has 92 valence electrons. The van der Waals surface area contributed by atoms with Crippen LogP contribution in [0.15, 0.2) is 35.8 Å². The molecule has 0 aliphatic heterocycles. The number of amides is 1. The van der Waals surface area contributed by atoms with Crippen molar-refractivity contribution in [2.45, 2.75) is 0 Å². The fourth-order valence-corrected chi connectivity index (χ4v) is 2.48. The Bertz CT molecular complexity index is 796. The Balaban J connectivity index is 1.89. The number of aromatic nitrogens is 2. The van der Waals surface area contributed by atoms with Crippen LogP contribution in [0.4, 0.5) is 5.00 Å². The summed E-state index contributed by atoms with van der Waals surface area (Å²) in [4.78, 5) is 12.1. The van der Waals surface area contributed by atoms with Gasteiger partial charge in [0.2, 0.25) is 0 Å². The summed E-state index contributed by atoms with van der Waals surface area (Å²) in [6.45, 7) is 0. The molecule has 19 heavy (non-hydrogen) atoms. The van der Waals surface area contributed by atoms with Crippen LogP contribution in [-0.4, -0.2) is 16.1 Å². The standard InChI is InChI=1S/C13H8N4OS/c14-6-9-3-4-19-13(9)16-12(18)8-1-2-10-7-15-17-11(10)5-8/h1-5,7H,(H,15,17)(H,16,18). The monoisotopic (exact) mass is 268 g/mol. The van der Waals surface area contributed by atoms with Crippen LogP contribution in [0.25, 0.3) is 10.9 Å². The number of aromatic amines is 1. The van der Waals surface area contributed by atoms with E-state index in [9.17, 15) is 4.79 Å². The smallest absolute Gasteiger partial charge is 0.256 e. The molecule has 2 N–H and O–H groups in total. The number of nitrogens with zero attached hydrogens (tertiary/aromatic N) is 2. The molecule has 0 aliphatic rings. The fraction of sp³-hybridized carbons (Fsp3) is 0. The number of benzene rings is 1. The van der Waals surface area contributed by atoms with E-state index < -0.39 is 0 Å². The van der Waals surface area contributed by atoms with Crippen LogP contribution in [0.1, 0.15) is 15.9 Å². The number of thiophene rings is 1. The molecule has 0 unspecified atom stereocenters. The molecular weight excluding hydrogens is 260 g/mol. The van der Waals surface area contributed by atoms with Crippen LogP contribution in [0.5, 0.6) is 0 Å². The molecule has 3 aromatic rings. The number of hydrogen-bond acceptors (Lipinski definition) is 4. The summed E-state index contributed by atoms with van der Waals surface area (Å²) in [6.07, 6.45) is 1.70. The Hall–Kier alpha value is -2.65. The minimum atomic E-state index is -0.240. The van der Waals surface area contributed by atoms with Gasteiger partial charge in [0, 0.05) is 10.9 Å². The molecule has 5 nitrogen and oxygen atoms in total. The van der Waals surface area contributed by atoms with E-state index in [0.29, 0.717) is 16.1 Å². The molecule has 1 amide bonds.